The molecule has 1 aromatic heterocycles. The van der Waals surface area contributed by atoms with E-state index in [1.807, 2.05) is 18.2 Å². The minimum absolute atomic E-state index is 0.0662. The van der Waals surface area contributed by atoms with E-state index in [9.17, 15) is 4.79 Å². The highest BCUT2D eigenvalue weighted by Crippen LogP contribution is 2.35. The lowest BCUT2D eigenvalue weighted by molar-refractivity contribution is 0.0940. The van der Waals surface area contributed by atoms with E-state index < -0.39 is 0 Å². The number of thiophene rings is 1. The normalized spacial score (nSPS) is 11.2. The minimum Gasteiger partial charge on any atom is -0.397 e. The number of nitrogen functional groups attached to an aromatic ring is 1. The molecular formula is C14H17BrN2OS. The van der Waals surface area contributed by atoms with E-state index in [1.54, 1.807) is 0 Å². The van der Waals surface area contributed by atoms with Crippen molar-refractivity contribution in [2.24, 2.45) is 0 Å². The third-order valence-corrected chi connectivity index (χ3v) is 4.88. The Hall–Kier alpha value is -1.07. The summed E-state index contributed by atoms with van der Waals surface area (Å²) in [5.41, 5.74) is 6.66. The summed E-state index contributed by atoms with van der Waals surface area (Å²) in [5, 5.41) is 3.98. The van der Waals surface area contributed by atoms with Gasteiger partial charge in [0.05, 0.1) is 5.69 Å². The number of amides is 1. The minimum atomic E-state index is -0.0662. The van der Waals surface area contributed by atoms with Crippen LogP contribution in [0.4, 0.5) is 5.69 Å². The topological polar surface area (TPSA) is 55.1 Å². The molecule has 0 fully saturated rings. The Kier molecular flexibility index (Phi) is 4.47. The van der Waals surface area contributed by atoms with E-state index >= 15 is 0 Å². The van der Waals surface area contributed by atoms with E-state index in [1.165, 1.54) is 11.3 Å². The van der Waals surface area contributed by atoms with Gasteiger partial charge in [0, 0.05) is 20.6 Å². The van der Waals surface area contributed by atoms with Gasteiger partial charge in [0.1, 0.15) is 4.88 Å². The van der Waals surface area contributed by atoms with Crippen LogP contribution >= 0.6 is 27.3 Å². The predicted octanol–water partition coefficient (Wildman–Crippen LogP) is 4.16. The number of nitrogens with one attached hydrogen (secondary N) is 1. The average Bonchev–Trinajstić information content (AvgIpc) is 2.72. The number of carbonyl (C=O) groups is 1. The summed E-state index contributed by atoms with van der Waals surface area (Å²) in [6.45, 7) is 4.14. The van der Waals surface area contributed by atoms with Crippen LogP contribution in [0.15, 0.2) is 22.7 Å². The average molecular weight is 341 g/mol. The van der Waals surface area contributed by atoms with Gasteiger partial charge in [-0.15, -0.1) is 11.3 Å². The molecule has 0 unspecified atom stereocenters. The lowest BCUT2D eigenvalue weighted by atomic mass is 10.1. The van der Waals surface area contributed by atoms with Crippen LogP contribution in [-0.2, 0) is 0 Å². The predicted molar refractivity (Wildman–Crippen MR) is 85.8 cm³/mol. The van der Waals surface area contributed by atoms with E-state index in [-0.39, 0.29) is 11.9 Å². The molecule has 0 radical (unpaired) electrons. The molecule has 19 heavy (non-hydrogen) atoms. The second kappa shape index (κ2) is 5.92. The summed E-state index contributed by atoms with van der Waals surface area (Å²) in [6.07, 6.45) is 1.86. The van der Waals surface area contributed by atoms with Crippen molar-refractivity contribution in [2.75, 3.05) is 5.73 Å². The van der Waals surface area contributed by atoms with Gasteiger partial charge in [-0.25, -0.2) is 0 Å². The third kappa shape index (κ3) is 2.92. The van der Waals surface area contributed by atoms with Gasteiger partial charge in [-0.3, -0.25) is 4.79 Å². The van der Waals surface area contributed by atoms with Gasteiger partial charge in [-0.1, -0.05) is 35.8 Å². The van der Waals surface area contributed by atoms with Gasteiger partial charge in [-0.05, 0) is 25.0 Å². The number of halogens is 1. The van der Waals surface area contributed by atoms with Gasteiger partial charge in [0.25, 0.3) is 5.91 Å². The second-order valence-electron chi connectivity index (χ2n) is 4.47. The van der Waals surface area contributed by atoms with Crippen LogP contribution in [0.1, 0.15) is 36.4 Å². The molecule has 0 atom stereocenters. The van der Waals surface area contributed by atoms with Gasteiger partial charge in [0.2, 0.25) is 0 Å². The van der Waals surface area contributed by atoms with E-state index in [0.717, 1.165) is 27.4 Å². The summed E-state index contributed by atoms with van der Waals surface area (Å²) in [7, 11) is 0. The fraction of sp³-hybridized carbons (Fsp3) is 0.357. The number of rotatable bonds is 4. The summed E-state index contributed by atoms with van der Waals surface area (Å²) in [6, 6.07) is 6.08. The van der Waals surface area contributed by atoms with Crippen LogP contribution < -0.4 is 11.1 Å². The zero-order valence-electron chi connectivity index (χ0n) is 11.0. The Morgan fingerprint density at radius 3 is 2.74 bits per heavy atom. The van der Waals surface area contributed by atoms with Crippen LogP contribution in [0.3, 0.4) is 0 Å². The SMILES string of the molecule is CCC(CC)NC(=O)c1sc2cc(Br)ccc2c1N. The molecule has 102 valence electrons. The summed E-state index contributed by atoms with van der Waals surface area (Å²) in [5.74, 6) is -0.0662. The van der Waals surface area contributed by atoms with Crippen molar-refractivity contribution >= 4 is 48.9 Å². The van der Waals surface area contributed by atoms with Crippen molar-refractivity contribution in [3.8, 4) is 0 Å². The molecule has 2 aromatic rings. The van der Waals surface area contributed by atoms with Crippen LogP contribution in [0.25, 0.3) is 10.1 Å². The fourth-order valence-electron chi connectivity index (χ4n) is 2.00. The molecule has 2 rings (SSSR count). The number of benzene rings is 1. The molecular weight excluding hydrogens is 324 g/mol. The molecule has 0 aliphatic carbocycles. The molecule has 3 N–H and O–H groups in total. The van der Waals surface area contributed by atoms with Gasteiger partial charge < -0.3 is 11.1 Å². The molecule has 0 saturated carbocycles. The largest absolute Gasteiger partial charge is 0.397 e. The Bertz CT molecular complexity index is 605. The van der Waals surface area contributed by atoms with Gasteiger partial charge in [0.15, 0.2) is 0 Å². The highest BCUT2D eigenvalue weighted by Gasteiger charge is 2.18. The molecule has 1 aromatic carbocycles. The summed E-state index contributed by atoms with van der Waals surface area (Å²) in [4.78, 5) is 12.9. The molecule has 3 nitrogen and oxygen atoms in total. The van der Waals surface area contributed by atoms with Crippen molar-refractivity contribution in [3.05, 3.63) is 27.5 Å². The maximum Gasteiger partial charge on any atom is 0.263 e. The van der Waals surface area contributed by atoms with E-state index in [0.29, 0.717) is 10.6 Å². The first-order chi connectivity index (χ1) is 9.06. The van der Waals surface area contributed by atoms with Crippen LogP contribution in [0, 0.1) is 0 Å². The monoisotopic (exact) mass is 340 g/mol. The van der Waals surface area contributed by atoms with Crippen LogP contribution in [-0.4, -0.2) is 11.9 Å². The van der Waals surface area contributed by atoms with Crippen LogP contribution in [0.5, 0.6) is 0 Å². The Morgan fingerprint density at radius 1 is 1.42 bits per heavy atom. The summed E-state index contributed by atoms with van der Waals surface area (Å²) >= 11 is 4.87. The first-order valence-electron chi connectivity index (χ1n) is 6.35. The van der Waals surface area contributed by atoms with Crippen molar-refractivity contribution in [1.29, 1.82) is 0 Å². The first-order valence-corrected chi connectivity index (χ1v) is 7.96. The molecule has 0 saturated heterocycles. The molecule has 1 heterocycles. The van der Waals surface area contributed by atoms with Crippen molar-refractivity contribution in [1.82, 2.24) is 5.32 Å². The first kappa shape index (κ1) is 14.3. The third-order valence-electron chi connectivity index (χ3n) is 3.22. The van der Waals surface area contributed by atoms with Gasteiger partial charge >= 0.3 is 0 Å². The van der Waals surface area contributed by atoms with Crippen molar-refractivity contribution < 1.29 is 4.79 Å². The quantitative estimate of drug-likeness (QED) is 0.877. The number of nitrogens with two attached hydrogens (primary N) is 1. The number of hydrogen-bond donors (Lipinski definition) is 2. The Morgan fingerprint density at radius 2 is 2.11 bits per heavy atom. The highest BCUT2D eigenvalue weighted by molar-refractivity contribution is 9.10. The second-order valence-corrected chi connectivity index (χ2v) is 6.44. The zero-order chi connectivity index (χ0) is 14.0. The molecule has 1 amide bonds. The molecule has 0 spiro atoms. The fourth-order valence-corrected chi connectivity index (χ4v) is 3.58. The number of fused-ring (bicyclic) bond motifs is 1. The van der Waals surface area contributed by atoms with E-state index in [2.05, 4.69) is 35.1 Å². The van der Waals surface area contributed by atoms with Crippen molar-refractivity contribution in [3.63, 3.8) is 0 Å². The van der Waals surface area contributed by atoms with E-state index in [4.69, 9.17) is 5.73 Å². The number of anilines is 1. The zero-order valence-corrected chi connectivity index (χ0v) is 13.4. The Balaban J connectivity index is 2.34. The van der Waals surface area contributed by atoms with Crippen LogP contribution in [0.2, 0.25) is 0 Å². The van der Waals surface area contributed by atoms with Crippen molar-refractivity contribution in [2.45, 2.75) is 32.7 Å². The smallest absolute Gasteiger partial charge is 0.263 e. The molecule has 0 bridgehead atoms. The molecule has 0 aliphatic heterocycles. The molecule has 0 aliphatic rings. The van der Waals surface area contributed by atoms with Gasteiger partial charge in [-0.2, -0.15) is 0 Å². The highest BCUT2D eigenvalue weighted by atomic mass is 79.9. The maximum atomic E-state index is 12.3. The standard InChI is InChI=1S/C14H17BrN2OS/c1-3-9(4-2)17-14(18)13-12(16)10-6-5-8(15)7-11(10)19-13/h5-7,9H,3-4,16H2,1-2H3,(H,17,18). The Labute approximate surface area is 125 Å². The maximum absolute atomic E-state index is 12.3. The lowest BCUT2D eigenvalue weighted by Gasteiger charge is -2.13. The lowest BCUT2D eigenvalue weighted by Crippen LogP contribution is -2.33. The number of hydrogen-bond acceptors (Lipinski definition) is 3. The number of carbonyl (C=O) groups excluding carboxylic acids is 1. The summed E-state index contributed by atoms with van der Waals surface area (Å²) < 4.78 is 2.02. The molecule has 5 heteroatoms.